The van der Waals surface area contributed by atoms with E-state index < -0.39 is 0 Å². The van der Waals surface area contributed by atoms with E-state index in [0.717, 1.165) is 19.5 Å². The molecule has 0 aromatic rings. The van der Waals surface area contributed by atoms with Crippen LogP contribution in [0.3, 0.4) is 0 Å². The molecule has 0 aromatic carbocycles. The van der Waals surface area contributed by atoms with Crippen LogP contribution >= 0.6 is 0 Å². The maximum Gasteiger partial charge on any atom is 0.0496 e. The lowest BCUT2D eigenvalue weighted by Crippen LogP contribution is -2.15. The molecule has 2 heteroatoms. The Balaban J connectivity index is 3.94. The summed E-state index contributed by atoms with van der Waals surface area (Å²) in [7, 11) is 0. The van der Waals surface area contributed by atoms with E-state index in [0.29, 0.717) is 0 Å². The molecule has 12 heavy (non-hydrogen) atoms. The minimum Gasteiger partial charge on any atom is -0.298 e. The summed E-state index contributed by atoms with van der Waals surface area (Å²) in [5, 5.41) is 6.35. The van der Waals surface area contributed by atoms with Gasteiger partial charge in [0.1, 0.15) is 0 Å². The molecule has 0 saturated carbocycles. The van der Waals surface area contributed by atoms with Crippen LogP contribution < -0.4 is 0 Å². The molecule has 0 aromatic heterocycles. The molecule has 2 nitrogen and oxygen atoms in total. The highest BCUT2D eigenvalue weighted by Crippen LogP contribution is 1.93. The van der Waals surface area contributed by atoms with Crippen LogP contribution in [-0.2, 0) is 0 Å². The normalized spacial score (nSPS) is 12.5. The van der Waals surface area contributed by atoms with Gasteiger partial charge < -0.3 is 0 Å². The summed E-state index contributed by atoms with van der Waals surface area (Å²) >= 11 is 0. The first-order valence-electron chi connectivity index (χ1n) is 4.70. The fourth-order valence-electron chi connectivity index (χ4n) is 0.934. The first-order valence-corrected chi connectivity index (χ1v) is 4.70. The monoisotopic (exact) mass is 168 g/mol. The highest BCUT2D eigenvalue weighted by atomic mass is 15.4. The third kappa shape index (κ3) is 4.94. The van der Waals surface area contributed by atoms with E-state index >= 15 is 0 Å². The van der Waals surface area contributed by atoms with Crippen LogP contribution in [-0.4, -0.2) is 24.3 Å². The zero-order valence-electron chi connectivity index (χ0n) is 8.67. The lowest BCUT2D eigenvalue weighted by molar-refractivity contribution is 0.323. The number of hydrogen-bond donors (Lipinski definition) is 0. The Bertz CT molecular complexity index is 155. The van der Waals surface area contributed by atoms with Gasteiger partial charge in [-0.15, -0.1) is 0 Å². The summed E-state index contributed by atoms with van der Waals surface area (Å²) < 4.78 is 0. The van der Waals surface area contributed by atoms with Crippen LogP contribution in [0.2, 0.25) is 0 Å². The predicted octanol–water partition coefficient (Wildman–Crippen LogP) is 2.67. The number of hydrazone groups is 1. The molecule has 0 saturated heterocycles. The van der Waals surface area contributed by atoms with Crippen LogP contribution in [0.4, 0.5) is 0 Å². The highest BCUT2D eigenvalue weighted by molar-refractivity contribution is 5.77. The zero-order valence-corrected chi connectivity index (χ0v) is 8.67. The first kappa shape index (κ1) is 11.2. The van der Waals surface area contributed by atoms with Crippen LogP contribution in [0.1, 0.15) is 34.1 Å². The number of rotatable bonds is 5. The molecular formula is C10H20N2. The smallest absolute Gasteiger partial charge is 0.0496 e. The maximum atomic E-state index is 4.32. The van der Waals surface area contributed by atoms with Crippen molar-refractivity contribution < 1.29 is 0 Å². The van der Waals surface area contributed by atoms with Gasteiger partial charge in [-0.05, 0) is 32.8 Å². The fourth-order valence-corrected chi connectivity index (χ4v) is 0.934. The van der Waals surface area contributed by atoms with Gasteiger partial charge in [0.25, 0.3) is 0 Å². The van der Waals surface area contributed by atoms with Crippen LogP contribution in [0.25, 0.3) is 0 Å². The summed E-state index contributed by atoms with van der Waals surface area (Å²) in [5.74, 6) is 0. The standard InChI is InChI=1S/C10H20N2/c1-5-8-10(4)9-11-12(6-2)7-3/h8-9H,5-7H2,1-4H3. The Hall–Kier alpha value is -0.790. The van der Waals surface area contributed by atoms with E-state index in [1.54, 1.807) is 0 Å². The Morgan fingerprint density at radius 1 is 1.25 bits per heavy atom. The SMILES string of the molecule is CCC=C(C)C=NN(CC)CC. The van der Waals surface area contributed by atoms with Gasteiger partial charge in [-0.25, -0.2) is 0 Å². The molecule has 0 atom stereocenters. The fraction of sp³-hybridized carbons (Fsp3) is 0.700. The minimum absolute atomic E-state index is 0.979. The summed E-state index contributed by atoms with van der Waals surface area (Å²) in [6.45, 7) is 10.4. The number of allylic oxidation sites excluding steroid dienone is 2. The zero-order chi connectivity index (χ0) is 9.40. The first-order chi connectivity index (χ1) is 5.74. The van der Waals surface area contributed by atoms with Gasteiger partial charge in [-0.1, -0.05) is 13.0 Å². The lowest BCUT2D eigenvalue weighted by Gasteiger charge is -2.12. The van der Waals surface area contributed by atoms with Gasteiger partial charge in [0.05, 0.1) is 0 Å². The van der Waals surface area contributed by atoms with E-state index in [4.69, 9.17) is 0 Å². The van der Waals surface area contributed by atoms with Gasteiger partial charge in [-0.2, -0.15) is 5.10 Å². The van der Waals surface area contributed by atoms with Crippen molar-refractivity contribution >= 4 is 6.21 Å². The molecule has 70 valence electrons. The molecule has 0 N–H and O–H groups in total. The van der Waals surface area contributed by atoms with Crippen molar-refractivity contribution in [3.8, 4) is 0 Å². The Morgan fingerprint density at radius 2 is 1.83 bits per heavy atom. The summed E-state index contributed by atoms with van der Waals surface area (Å²) in [6, 6.07) is 0. The molecule has 0 aliphatic heterocycles. The molecule has 0 unspecified atom stereocenters. The molecule has 0 aliphatic rings. The molecule has 0 amide bonds. The molecule has 0 radical (unpaired) electrons. The van der Waals surface area contributed by atoms with E-state index in [1.807, 2.05) is 11.2 Å². The highest BCUT2D eigenvalue weighted by Gasteiger charge is 1.89. The van der Waals surface area contributed by atoms with Crippen LogP contribution in [0, 0.1) is 0 Å². The van der Waals surface area contributed by atoms with Gasteiger partial charge in [-0.3, -0.25) is 5.01 Å². The van der Waals surface area contributed by atoms with E-state index in [-0.39, 0.29) is 0 Å². The van der Waals surface area contributed by atoms with Gasteiger partial charge in [0.15, 0.2) is 0 Å². The number of hydrogen-bond acceptors (Lipinski definition) is 2. The average Bonchev–Trinajstić information content (AvgIpc) is 2.07. The molecule has 0 spiro atoms. The summed E-state index contributed by atoms with van der Waals surface area (Å²) in [4.78, 5) is 0. The van der Waals surface area contributed by atoms with Gasteiger partial charge >= 0.3 is 0 Å². The van der Waals surface area contributed by atoms with Crippen molar-refractivity contribution in [3.05, 3.63) is 11.6 Å². The van der Waals surface area contributed by atoms with Crippen LogP contribution in [0.15, 0.2) is 16.8 Å². The second-order valence-corrected chi connectivity index (χ2v) is 2.74. The lowest BCUT2D eigenvalue weighted by atomic mass is 10.3. The summed E-state index contributed by atoms with van der Waals surface area (Å²) in [5.41, 5.74) is 1.24. The van der Waals surface area contributed by atoms with E-state index in [1.165, 1.54) is 5.57 Å². The quantitative estimate of drug-likeness (QED) is 0.455. The molecule has 0 rings (SSSR count). The molecule has 0 aliphatic carbocycles. The van der Waals surface area contributed by atoms with E-state index in [2.05, 4.69) is 38.9 Å². The summed E-state index contributed by atoms with van der Waals surface area (Å²) in [6.07, 6.45) is 5.18. The third-order valence-electron chi connectivity index (χ3n) is 1.68. The van der Waals surface area contributed by atoms with Gasteiger partial charge in [0, 0.05) is 19.3 Å². The maximum absolute atomic E-state index is 4.32. The van der Waals surface area contributed by atoms with Crippen molar-refractivity contribution in [3.63, 3.8) is 0 Å². The van der Waals surface area contributed by atoms with Crippen molar-refractivity contribution in [1.29, 1.82) is 0 Å². The van der Waals surface area contributed by atoms with Crippen LogP contribution in [0.5, 0.6) is 0 Å². The van der Waals surface area contributed by atoms with Crippen molar-refractivity contribution in [2.75, 3.05) is 13.1 Å². The second-order valence-electron chi connectivity index (χ2n) is 2.74. The molecular weight excluding hydrogens is 148 g/mol. The molecule has 0 fully saturated rings. The minimum atomic E-state index is 0.979. The van der Waals surface area contributed by atoms with Gasteiger partial charge in [0.2, 0.25) is 0 Å². The topological polar surface area (TPSA) is 15.6 Å². The number of nitrogens with zero attached hydrogens (tertiary/aromatic N) is 2. The third-order valence-corrected chi connectivity index (χ3v) is 1.68. The molecule has 0 heterocycles. The molecule has 0 bridgehead atoms. The largest absolute Gasteiger partial charge is 0.298 e. The van der Waals surface area contributed by atoms with Crippen molar-refractivity contribution in [1.82, 2.24) is 5.01 Å². The van der Waals surface area contributed by atoms with Crippen molar-refractivity contribution in [2.45, 2.75) is 34.1 Å². The Labute approximate surface area is 76.0 Å². The van der Waals surface area contributed by atoms with E-state index in [9.17, 15) is 0 Å². The Morgan fingerprint density at radius 3 is 2.25 bits per heavy atom. The van der Waals surface area contributed by atoms with Crippen molar-refractivity contribution in [2.24, 2.45) is 5.10 Å². The Kier molecular flexibility index (Phi) is 6.44. The second kappa shape index (κ2) is 6.89. The predicted molar refractivity (Wildman–Crippen MR) is 55.5 cm³/mol. The average molecular weight is 168 g/mol.